The molecule has 12 heteroatoms. The quantitative estimate of drug-likeness (QED) is 0.119. The Hall–Kier alpha value is -2.25. The van der Waals surface area contributed by atoms with Crippen LogP contribution in [0, 0.1) is 0 Å². The number of allylic oxidation sites excluding steroid dienone is 2. The first kappa shape index (κ1) is 28.0. The molecule has 0 bridgehead atoms. The number of alkyl halides is 9. The van der Waals surface area contributed by atoms with Crippen molar-refractivity contribution in [2.45, 2.75) is 36.8 Å². The summed E-state index contributed by atoms with van der Waals surface area (Å²) in [6.07, 6.45) is -7.82. The molecule has 0 saturated heterocycles. The Balaban J connectivity index is 1.92. The van der Waals surface area contributed by atoms with E-state index in [0.29, 0.717) is 16.9 Å². The molecule has 0 spiro atoms. The van der Waals surface area contributed by atoms with Gasteiger partial charge in [0.1, 0.15) is 5.75 Å². The van der Waals surface area contributed by atoms with E-state index >= 15 is 0 Å². The Labute approximate surface area is 201 Å². The van der Waals surface area contributed by atoms with Gasteiger partial charge in [0.05, 0.1) is 6.61 Å². The van der Waals surface area contributed by atoms with Gasteiger partial charge >= 0.3 is 23.9 Å². The molecule has 0 unspecified atom stereocenters. The number of hydrogen-bond donors (Lipinski definition) is 0. The Bertz CT molecular complexity index is 1000. The molecule has 34 heavy (non-hydrogen) atoms. The maximum atomic E-state index is 13.6. The number of hydrogen-bond acceptors (Lipinski definition) is 2. The highest BCUT2D eigenvalue weighted by Crippen LogP contribution is 2.53. The van der Waals surface area contributed by atoms with Gasteiger partial charge in [0.15, 0.2) is 5.78 Å². The van der Waals surface area contributed by atoms with Gasteiger partial charge in [-0.05, 0) is 63.3 Å². The van der Waals surface area contributed by atoms with Gasteiger partial charge in [0, 0.05) is 17.2 Å². The maximum Gasteiger partial charge on any atom is 0.460 e. The lowest BCUT2D eigenvalue weighted by atomic mass is 10.0. The first-order valence-corrected chi connectivity index (χ1v) is 10.6. The van der Waals surface area contributed by atoms with Crippen LogP contribution in [0.4, 0.5) is 39.5 Å². The molecular weight excluding hydrogens is 594 g/mol. The van der Waals surface area contributed by atoms with Gasteiger partial charge in [-0.2, -0.15) is 39.5 Å². The fourth-order valence-electron chi connectivity index (χ4n) is 2.64. The van der Waals surface area contributed by atoms with E-state index in [2.05, 4.69) is 0 Å². The Morgan fingerprint density at radius 1 is 0.794 bits per heavy atom. The van der Waals surface area contributed by atoms with Crippen LogP contribution in [0.5, 0.6) is 5.75 Å². The molecule has 0 amide bonds. The molecule has 0 radical (unpaired) electrons. The van der Waals surface area contributed by atoms with Crippen molar-refractivity contribution in [3.63, 3.8) is 0 Å². The average Bonchev–Trinajstić information content (AvgIpc) is 2.76. The van der Waals surface area contributed by atoms with Crippen LogP contribution in [-0.2, 0) is 0 Å². The number of halogens is 10. The maximum absolute atomic E-state index is 13.6. The van der Waals surface area contributed by atoms with Crippen molar-refractivity contribution in [1.29, 1.82) is 0 Å². The zero-order valence-corrected chi connectivity index (χ0v) is 19.1. The Morgan fingerprint density at radius 3 is 1.85 bits per heavy atom. The van der Waals surface area contributed by atoms with Crippen molar-refractivity contribution in [2.24, 2.45) is 0 Å². The largest absolute Gasteiger partial charge is 0.494 e. The molecule has 2 aromatic rings. The van der Waals surface area contributed by atoms with Crippen LogP contribution >= 0.6 is 22.6 Å². The van der Waals surface area contributed by atoms with Crippen LogP contribution in [0.15, 0.2) is 64.3 Å². The normalized spacial score (nSPS) is 13.6. The zero-order chi connectivity index (χ0) is 25.8. The molecule has 0 fully saturated rings. The predicted molar refractivity (Wildman–Crippen MR) is 114 cm³/mol. The summed E-state index contributed by atoms with van der Waals surface area (Å²) in [7, 11) is 0. The SMILES string of the molecule is O=C(c1ccccc1)c1ccc(OCCC/C(I)=C\C(F)(F)C(F)(F)C(F)(F)C(F)(F)F)cc1. The molecule has 186 valence electrons. The van der Waals surface area contributed by atoms with Gasteiger partial charge < -0.3 is 4.74 Å². The van der Waals surface area contributed by atoms with Crippen LogP contribution in [-0.4, -0.2) is 36.3 Å². The number of ketones is 1. The second kappa shape index (κ2) is 10.6. The lowest BCUT2D eigenvalue weighted by Gasteiger charge is -2.32. The van der Waals surface area contributed by atoms with Crippen molar-refractivity contribution in [3.05, 3.63) is 75.4 Å². The van der Waals surface area contributed by atoms with E-state index < -0.39 is 33.6 Å². The minimum Gasteiger partial charge on any atom is -0.494 e. The molecule has 0 N–H and O–H groups in total. The average molecular weight is 610 g/mol. The molecule has 2 nitrogen and oxygen atoms in total. The molecule has 2 rings (SSSR count). The number of rotatable bonds is 10. The van der Waals surface area contributed by atoms with E-state index in [9.17, 15) is 44.3 Å². The Morgan fingerprint density at radius 2 is 1.32 bits per heavy atom. The highest BCUT2D eigenvalue weighted by molar-refractivity contribution is 14.1. The van der Waals surface area contributed by atoms with Crippen LogP contribution < -0.4 is 4.74 Å². The van der Waals surface area contributed by atoms with Gasteiger partial charge in [0.2, 0.25) is 0 Å². The topological polar surface area (TPSA) is 26.3 Å². The lowest BCUT2D eigenvalue weighted by molar-refractivity contribution is -0.388. The van der Waals surface area contributed by atoms with Crippen molar-refractivity contribution in [1.82, 2.24) is 0 Å². The standard InChI is InChI=1S/C22H16F9IO2/c23-19(24,20(25,26)21(27,28)22(29,30)31)13-16(32)7-4-12-34-17-10-8-15(9-11-17)18(33)14-5-2-1-3-6-14/h1-3,5-6,8-11,13H,4,7,12H2/b16-13+. The molecular formula is C22H16F9IO2. The fourth-order valence-corrected chi connectivity index (χ4v) is 3.41. The van der Waals surface area contributed by atoms with E-state index in [1.54, 1.807) is 30.3 Å². The van der Waals surface area contributed by atoms with Gasteiger partial charge in [-0.1, -0.05) is 30.3 Å². The monoisotopic (exact) mass is 610 g/mol. The van der Waals surface area contributed by atoms with E-state index in [-0.39, 0.29) is 25.2 Å². The molecule has 0 aromatic heterocycles. The third-order valence-electron chi connectivity index (χ3n) is 4.49. The van der Waals surface area contributed by atoms with Gasteiger partial charge in [-0.25, -0.2) is 0 Å². The zero-order valence-electron chi connectivity index (χ0n) is 17.0. The van der Waals surface area contributed by atoms with Crippen molar-refractivity contribution < 1.29 is 49.0 Å². The summed E-state index contributed by atoms with van der Waals surface area (Å²) in [6.45, 7) is -0.104. The first-order chi connectivity index (χ1) is 15.6. The Kier molecular flexibility index (Phi) is 8.70. The van der Waals surface area contributed by atoms with Crippen molar-refractivity contribution in [2.75, 3.05) is 6.61 Å². The third kappa shape index (κ3) is 6.25. The van der Waals surface area contributed by atoms with E-state index in [1.165, 1.54) is 24.3 Å². The number of carbonyl (C=O) groups excluding carboxylic acids is 1. The molecule has 2 aromatic carbocycles. The summed E-state index contributed by atoms with van der Waals surface area (Å²) in [5.74, 6) is -19.3. The minimum atomic E-state index is -6.92. The molecule has 0 heterocycles. The second-order valence-corrected chi connectivity index (χ2v) is 8.42. The summed E-state index contributed by atoms with van der Waals surface area (Å²) in [5, 5.41) is 0. The first-order valence-electron chi connectivity index (χ1n) is 9.50. The number of ether oxygens (including phenoxy) is 1. The van der Waals surface area contributed by atoms with Crippen LogP contribution in [0.3, 0.4) is 0 Å². The summed E-state index contributed by atoms with van der Waals surface area (Å²) in [4.78, 5) is 12.3. The van der Waals surface area contributed by atoms with Crippen LogP contribution in [0.25, 0.3) is 0 Å². The summed E-state index contributed by atoms with van der Waals surface area (Å²) in [5.41, 5.74) is 0.864. The highest BCUT2D eigenvalue weighted by Gasteiger charge is 2.81. The number of carbonyl (C=O) groups is 1. The van der Waals surface area contributed by atoms with Crippen LogP contribution in [0.2, 0.25) is 0 Å². The summed E-state index contributed by atoms with van der Waals surface area (Å²) < 4.78 is 121. The van der Waals surface area contributed by atoms with Crippen LogP contribution in [0.1, 0.15) is 28.8 Å². The van der Waals surface area contributed by atoms with Gasteiger partial charge in [0.25, 0.3) is 0 Å². The van der Waals surface area contributed by atoms with E-state index in [1.807, 2.05) is 0 Å². The molecule has 0 aliphatic carbocycles. The third-order valence-corrected chi connectivity index (χ3v) is 5.34. The summed E-state index contributed by atoms with van der Waals surface area (Å²) >= 11 is 1.16. The minimum absolute atomic E-state index is 0.0310. The van der Waals surface area contributed by atoms with E-state index in [4.69, 9.17) is 4.74 Å². The summed E-state index contributed by atoms with van der Waals surface area (Å²) in [6, 6.07) is 14.4. The molecule has 0 atom stereocenters. The molecule has 0 aliphatic rings. The lowest BCUT2D eigenvalue weighted by Crippen LogP contribution is -2.60. The van der Waals surface area contributed by atoms with E-state index in [0.717, 1.165) is 22.6 Å². The smallest absolute Gasteiger partial charge is 0.460 e. The number of benzene rings is 2. The second-order valence-electron chi connectivity index (χ2n) is 7.03. The fraction of sp³-hybridized carbons (Fsp3) is 0.318. The van der Waals surface area contributed by atoms with Gasteiger partial charge in [-0.15, -0.1) is 0 Å². The highest BCUT2D eigenvalue weighted by atomic mass is 127. The van der Waals surface area contributed by atoms with Gasteiger partial charge in [-0.3, -0.25) is 4.79 Å². The molecule has 0 saturated carbocycles. The predicted octanol–water partition coefficient (Wildman–Crippen LogP) is 7.86. The molecule has 0 aliphatic heterocycles. The van der Waals surface area contributed by atoms with Crippen molar-refractivity contribution >= 4 is 28.4 Å². The van der Waals surface area contributed by atoms with Crippen molar-refractivity contribution in [3.8, 4) is 5.75 Å².